The van der Waals surface area contributed by atoms with Gasteiger partial charge in [0.1, 0.15) is 0 Å². The van der Waals surface area contributed by atoms with Crippen LogP contribution in [0.15, 0.2) is 24.3 Å². The van der Waals surface area contributed by atoms with E-state index in [-0.39, 0.29) is 23.0 Å². The number of piperazine rings is 1. The lowest BCUT2D eigenvalue weighted by atomic mass is 9.93. The van der Waals surface area contributed by atoms with E-state index in [4.69, 9.17) is 11.6 Å². The molecule has 3 nitrogen and oxygen atoms in total. The summed E-state index contributed by atoms with van der Waals surface area (Å²) >= 11 is 5.76. The number of hydrogen-bond acceptors (Lipinski definition) is 2. The molecule has 0 spiro atoms. The van der Waals surface area contributed by atoms with Gasteiger partial charge in [-0.15, -0.1) is 0 Å². The molecule has 1 heterocycles. The number of alkyl halides is 13. The molecule has 1 fully saturated rings. The van der Waals surface area contributed by atoms with Gasteiger partial charge in [-0.25, -0.2) is 0 Å². The van der Waals surface area contributed by atoms with Gasteiger partial charge in [-0.05, 0) is 18.2 Å². The average Bonchev–Trinajstić information content (AvgIpc) is 2.71. The molecule has 194 valence electrons. The molecule has 0 N–H and O–H groups in total. The topological polar surface area (TPSA) is 23.6 Å². The monoisotopic (exact) mass is 542 g/mol. The number of halogens is 14. The van der Waals surface area contributed by atoms with Crippen LogP contribution in [0.4, 0.5) is 62.8 Å². The van der Waals surface area contributed by atoms with Gasteiger partial charge >= 0.3 is 35.8 Å². The van der Waals surface area contributed by atoms with Crippen molar-refractivity contribution >= 4 is 23.2 Å². The Hall–Kier alpha value is -2.13. The number of amides is 1. The van der Waals surface area contributed by atoms with Gasteiger partial charge in [0.05, 0.1) is 0 Å². The Bertz CT molecular complexity index is 911. The quantitative estimate of drug-likeness (QED) is 0.429. The van der Waals surface area contributed by atoms with Crippen molar-refractivity contribution in [1.29, 1.82) is 0 Å². The zero-order chi connectivity index (χ0) is 26.5. The van der Waals surface area contributed by atoms with Crippen LogP contribution in [0.2, 0.25) is 5.02 Å². The molecule has 1 aliphatic heterocycles. The predicted octanol–water partition coefficient (Wildman–Crippen LogP) is 5.73. The van der Waals surface area contributed by atoms with Crippen molar-refractivity contribution < 1.29 is 61.9 Å². The summed E-state index contributed by atoms with van der Waals surface area (Å²) in [6.07, 6.45) is -7.51. The van der Waals surface area contributed by atoms with Crippen LogP contribution in [0, 0.1) is 0 Å². The van der Waals surface area contributed by atoms with Crippen LogP contribution in [-0.4, -0.2) is 72.8 Å². The van der Waals surface area contributed by atoms with Crippen molar-refractivity contribution in [1.82, 2.24) is 4.90 Å². The number of anilines is 1. The normalized spacial score (nSPS) is 17.2. The summed E-state index contributed by atoms with van der Waals surface area (Å²) in [7, 11) is 0. The van der Waals surface area contributed by atoms with Crippen molar-refractivity contribution in [2.45, 2.75) is 35.8 Å². The second-order valence-electron chi connectivity index (χ2n) is 7.13. The summed E-state index contributed by atoms with van der Waals surface area (Å²) in [4.78, 5) is 13.1. The highest BCUT2D eigenvalue weighted by molar-refractivity contribution is 6.30. The second kappa shape index (κ2) is 8.52. The van der Waals surface area contributed by atoms with Crippen LogP contribution in [0.25, 0.3) is 0 Å². The Morgan fingerprint density at radius 2 is 1.18 bits per heavy atom. The summed E-state index contributed by atoms with van der Waals surface area (Å²) in [6.45, 7) is -2.38. The molecule has 0 aliphatic carbocycles. The highest BCUT2D eigenvalue weighted by atomic mass is 35.5. The summed E-state index contributed by atoms with van der Waals surface area (Å²) in [5, 5.41) is 0.237. The minimum absolute atomic E-state index is 0.134. The van der Waals surface area contributed by atoms with E-state index in [9.17, 15) is 61.9 Å². The third kappa shape index (κ3) is 4.21. The number of benzene rings is 1. The van der Waals surface area contributed by atoms with E-state index in [0.717, 1.165) is 0 Å². The Kier molecular flexibility index (Phi) is 7.04. The van der Waals surface area contributed by atoms with Gasteiger partial charge in [-0.1, -0.05) is 17.7 Å². The predicted molar refractivity (Wildman–Crippen MR) is 91.0 cm³/mol. The maximum absolute atomic E-state index is 14.1. The third-order valence-electron chi connectivity index (χ3n) is 4.94. The van der Waals surface area contributed by atoms with Gasteiger partial charge in [0.15, 0.2) is 0 Å². The highest BCUT2D eigenvalue weighted by Crippen LogP contribution is 2.60. The van der Waals surface area contributed by atoms with Crippen molar-refractivity contribution in [3.05, 3.63) is 29.3 Å². The SMILES string of the molecule is O=C(N1CCN(c2cccc(Cl)c2)CC1)C(F)(F)C(F)(F)C(F)(F)C(F)(F)C(F)(F)C(F)(F)F. The molecule has 0 bridgehead atoms. The summed E-state index contributed by atoms with van der Waals surface area (Å²) < 4.78 is 172. The first-order valence-corrected chi connectivity index (χ1v) is 9.26. The van der Waals surface area contributed by atoms with E-state index in [2.05, 4.69) is 0 Å². The molecule has 1 aliphatic rings. The van der Waals surface area contributed by atoms with Gasteiger partial charge in [0, 0.05) is 36.9 Å². The van der Waals surface area contributed by atoms with E-state index in [1.807, 2.05) is 0 Å². The van der Waals surface area contributed by atoms with Gasteiger partial charge in [-0.3, -0.25) is 4.79 Å². The van der Waals surface area contributed by atoms with E-state index in [1.54, 1.807) is 0 Å². The van der Waals surface area contributed by atoms with Crippen LogP contribution in [-0.2, 0) is 4.79 Å². The van der Waals surface area contributed by atoms with Crippen molar-refractivity contribution in [2.24, 2.45) is 0 Å². The van der Waals surface area contributed by atoms with Crippen LogP contribution >= 0.6 is 11.6 Å². The van der Waals surface area contributed by atoms with E-state index >= 15 is 0 Å². The molecular weight excluding hydrogens is 531 g/mol. The van der Waals surface area contributed by atoms with Gasteiger partial charge in [0.25, 0.3) is 5.91 Å². The Morgan fingerprint density at radius 1 is 0.706 bits per heavy atom. The molecule has 1 saturated heterocycles. The molecule has 1 aromatic carbocycles. The number of hydrogen-bond donors (Lipinski definition) is 0. The van der Waals surface area contributed by atoms with Crippen LogP contribution in [0.3, 0.4) is 0 Å². The minimum Gasteiger partial charge on any atom is -0.368 e. The lowest BCUT2D eigenvalue weighted by Gasteiger charge is -2.41. The maximum atomic E-state index is 14.1. The highest BCUT2D eigenvalue weighted by Gasteiger charge is 2.91. The molecule has 34 heavy (non-hydrogen) atoms. The smallest absolute Gasteiger partial charge is 0.368 e. The molecule has 2 rings (SSSR count). The average molecular weight is 543 g/mol. The van der Waals surface area contributed by atoms with Gasteiger partial charge < -0.3 is 9.80 Å². The molecule has 17 heteroatoms. The Balaban J connectivity index is 2.29. The summed E-state index contributed by atoms with van der Waals surface area (Å²) in [6, 6.07) is 5.81. The first-order chi connectivity index (χ1) is 15.1. The zero-order valence-corrected chi connectivity index (χ0v) is 17.0. The standard InChI is InChI=1S/C17H12ClF13N2O/c18-9-2-1-3-10(8-9)32-4-6-33(7-5-32)11(34)12(19,20)13(21,22)14(23,24)15(25,26)16(27,28)17(29,30)31/h1-3,8H,4-7H2. The summed E-state index contributed by atoms with van der Waals surface area (Å²) in [5.74, 6) is -41.5. The fourth-order valence-corrected chi connectivity index (χ4v) is 3.13. The molecule has 0 unspecified atom stereocenters. The number of carbonyl (C=O) groups excluding carboxylic acids is 1. The molecule has 0 radical (unpaired) electrons. The largest absolute Gasteiger partial charge is 0.460 e. The fourth-order valence-electron chi connectivity index (χ4n) is 2.94. The lowest BCUT2D eigenvalue weighted by Crippen LogP contribution is -2.72. The van der Waals surface area contributed by atoms with Crippen LogP contribution in [0.1, 0.15) is 0 Å². The zero-order valence-electron chi connectivity index (χ0n) is 16.2. The lowest BCUT2D eigenvalue weighted by molar-refractivity contribution is -0.436. The molecule has 1 aromatic rings. The van der Waals surface area contributed by atoms with Crippen molar-refractivity contribution in [3.8, 4) is 0 Å². The number of nitrogens with zero attached hydrogens (tertiary/aromatic N) is 2. The molecular formula is C17H12ClF13N2O. The molecule has 0 aromatic heterocycles. The maximum Gasteiger partial charge on any atom is 0.460 e. The van der Waals surface area contributed by atoms with Crippen molar-refractivity contribution in [2.75, 3.05) is 31.1 Å². The molecule has 1 amide bonds. The van der Waals surface area contributed by atoms with E-state index < -0.39 is 54.8 Å². The fraction of sp³-hybridized carbons (Fsp3) is 0.588. The Morgan fingerprint density at radius 3 is 1.62 bits per heavy atom. The third-order valence-corrected chi connectivity index (χ3v) is 5.18. The van der Waals surface area contributed by atoms with Crippen LogP contribution in [0.5, 0.6) is 0 Å². The van der Waals surface area contributed by atoms with Crippen LogP contribution < -0.4 is 4.90 Å². The van der Waals surface area contributed by atoms with E-state index in [1.165, 1.54) is 29.2 Å². The summed E-state index contributed by atoms with van der Waals surface area (Å²) in [5.41, 5.74) is 0.386. The van der Waals surface area contributed by atoms with Crippen molar-refractivity contribution in [3.63, 3.8) is 0 Å². The van der Waals surface area contributed by atoms with Gasteiger partial charge in [0.2, 0.25) is 0 Å². The minimum atomic E-state index is -8.04. The first-order valence-electron chi connectivity index (χ1n) is 8.88. The van der Waals surface area contributed by atoms with Gasteiger partial charge in [-0.2, -0.15) is 57.1 Å². The Labute approximate surface area is 187 Å². The first kappa shape index (κ1) is 28.1. The molecule has 0 atom stereocenters. The number of rotatable bonds is 6. The second-order valence-corrected chi connectivity index (χ2v) is 7.57. The molecule has 0 saturated carbocycles. The van der Waals surface area contributed by atoms with E-state index in [0.29, 0.717) is 5.69 Å². The number of carbonyl (C=O) groups is 1.